The molecule has 0 saturated carbocycles. The van der Waals surface area contributed by atoms with Crippen molar-refractivity contribution in [3.8, 4) is 5.69 Å². The van der Waals surface area contributed by atoms with Gasteiger partial charge in [-0.15, -0.1) is 11.3 Å². The van der Waals surface area contributed by atoms with Crippen LogP contribution in [0.5, 0.6) is 0 Å². The number of anilines is 1. The number of nitrogens with one attached hydrogen (secondary N) is 2. The summed E-state index contributed by atoms with van der Waals surface area (Å²) in [6.07, 6.45) is 5.01. The standard InChI is InChI=1S/C25H27N5O2S/c31-25(27-16-22-15-26-18-33-22)28-20-5-7-21(8-6-20)30-17-19(23-3-1-2-4-24(23)30)9-10-29-11-13-32-14-12-29/h1-8,15,17-18H,9-14,16H2,(H2,27,28,31). The minimum atomic E-state index is -0.229. The molecule has 7 nitrogen and oxygen atoms in total. The van der Waals surface area contributed by atoms with E-state index < -0.39 is 0 Å². The lowest BCUT2D eigenvalue weighted by atomic mass is 10.1. The number of fused-ring (bicyclic) bond motifs is 1. The van der Waals surface area contributed by atoms with Crippen LogP contribution in [0.2, 0.25) is 0 Å². The zero-order valence-electron chi connectivity index (χ0n) is 18.4. The zero-order valence-corrected chi connectivity index (χ0v) is 19.2. The Morgan fingerprint density at radius 2 is 1.91 bits per heavy atom. The first-order valence-corrected chi connectivity index (χ1v) is 12.1. The number of hydrogen-bond donors (Lipinski definition) is 2. The summed E-state index contributed by atoms with van der Waals surface area (Å²) in [6, 6.07) is 16.3. The number of thiazole rings is 1. The maximum atomic E-state index is 12.2. The third-order valence-corrected chi connectivity index (χ3v) is 6.69. The van der Waals surface area contributed by atoms with Gasteiger partial charge in [0, 0.05) is 53.7 Å². The molecule has 170 valence electrons. The van der Waals surface area contributed by atoms with Crippen LogP contribution in [0.25, 0.3) is 16.6 Å². The smallest absolute Gasteiger partial charge is 0.319 e. The van der Waals surface area contributed by atoms with Crippen LogP contribution in [0.1, 0.15) is 10.4 Å². The van der Waals surface area contributed by atoms with E-state index in [-0.39, 0.29) is 6.03 Å². The van der Waals surface area contributed by atoms with Gasteiger partial charge in [-0.3, -0.25) is 9.88 Å². The van der Waals surface area contributed by atoms with Crippen LogP contribution < -0.4 is 10.6 Å². The second kappa shape index (κ2) is 10.2. The number of morpholine rings is 1. The van der Waals surface area contributed by atoms with Gasteiger partial charge < -0.3 is 19.9 Å². The molecule has 0 spiro atoms. The summed E-state index contributed by atoms with van der Waals surface area (Å²) in [4.78, 5) is 19.7. The molecule has 0 radical (unpaired) electrons. The third kappa shape index (κ3) is 5.24. The number of carbonyl (C=O) groups excluding carboxylic acids is 1. The van der Waals surface area contributed by atoms with Crippen molar-refractivity contribution in [2.45, 2.75) is 13.0 Å². The van der Waals surface area contributed by atoms with Gasteiger partial charge in [0.2, 0.25) is 0 Å². The number of hydrogen-bond acceptors (Lipinski definition) is 5. The van der Waals surface area contributed by atoms with Crippen molar-refractivity contribution in [1.82, 2.24) is 19.8 Å². The molecule has 0 bridgehead atoms. The molecule has 2 amide bonds. The molecule has 8 heteroatoms. The van der Waals surface area contributed by atoms with E-state index in [4.69, 9.17) is 4.74 Å². The van der Waals surface area contributed by atoms with E-state index in [1.54, 1.807) is 11.7 Å². The predicted octanol–water partition coefficient (Wildman–Crippen LogP) is 4.28. The van der Waals surface area contributed by atoms with Crippen molar-refractivity contribution in [2.24, 2.45) is 0 Å². The molecule has 1 fully saturated rings. The average Bonchev–Trinajstić information content (AvgIpc) is 3.51. The molecular formula is C25H27N5O2S. The summed E-state index contributed by atoms with van der Waals surface area (Å²) in [5.74, 6) is 0. The zero-order chi connectivity index (χ0) is 22.5. The molecular weight excluding hydrogens is 434 g/mol. The molecule has 0 aliphatic carbocycles. The first-order valence-electron chi connectivity index (χ1n) is 11.2. The highest BCUT2D eigenvalue weighted by molar-refractivity contribution is 7.09. The molecule has 33 heavy (non-hydrogen) atoms. The van der Waals surface area contributed by atoms with Crippen molar-refractivity contribution < 1.29 is 9.53 Å². The monoisotopic (exact) mass is 461 g/mol. The Morgan fingerprint density at radius 3 is 2.70 bits per heavy atom. The second-order valence-electron chi connectivity index (χ2n) is 8.07. The van der Waals surface area contributed by atoms with E-state index in [1.807, 2.05) is 24.3 Å². The third-order valence-electron chi connectivity index (χ3n) is 5.91. The maximum Gasteiger partial charge on any atom is 0.319 e. The highest BCUT2D eigenvalue weighted by Gasteiger charge is 2.14. The van der Waals surface area contributed by atoms with Gasteiger partial charge in [0.05, 0.1) is 30.8 Å². The van der Waals surface area contributed by atoms with Gasteiger partial charge in [0.25, 0.3) is 0 Å². The summed E-state index contributed by atoms with van der Waals surface area (Å²) in [7, 11) is 0. The van der Waals surface area contributed by atoms with Gasteiger partial charge in [0.1, 0.15) is 0 Å². The normalized spacial score (nSPS) is 14.4. The maximum absolute atomic E-state index is 12.2. The van der Waals surface area contributed by atoms with Gasteiger partial charge in [-0.2, -0.15) is 0 Å². The SMILES string of the molecule is O=C(NCc1cncs1)Nc1ccc(-n2cc(CCN3CCOCC3)c3ccccc32)cc1. The highest BCUT2D eigenvalue weighted by atomic mass is 32.1. The van der Waals surface area contributed by atoms with Crippen LogP contribution in [0.3, 0.4) is 0 Å². The molecule has 0 unspecified atom stereocenters. The van der Waals surface area contributed by atoms with Crippen LogP contribution in [-0.2, 0) is 17.7 Å². The van der Waals surface area contributed by atoms with Gasteiger partial charge in [0.15, 0.2) is 0 Å². The first-order chi connectivity index (χ1) is 16.3. The van der Waals surface area contributed by atoms with Crippen molar-refractivity contribution in [3.05, 3.63) is 76.9 Å². The van der Waals surface area contributed by atoms with Crippen molar-refractivity contribution in [2.75, 3.05) is 38.2 Å². The average molecular weight is 462 g/mol. The largest absolute Gasteiger partial charge is 0.379 e. The molecule has 5 rings (SSSR count). The number of ether oxygens (including phenoxy) is 1. The fourth-order valence-corrected chi connectivity index (χ4v) is 4.68. The van der Waals surface area contributed by atoms with Crippen LogP contribution in [0.4, 0.5) is 10.5 Å². The summed E-state index contributed by atoms with van der Waals surface area (Å²) in [5.41, 5.74) is 6.12. The highest BCUT2D eigenvalue weighted by Crippen LogP contribution is 2.26. The number of benzene rings is 2. The Kier molecular flexibility index (Phi) is 6.66. The van der Waals surface area contributed by atoms with Crippen molar-refractivity contribution in [3.63, 3.8) is 0 Å². The molecule has 4 aromatic rings. The predicted molar refractivity (Wildman–Crippen MR) is 132 cm³/mol. The van der Waals surface area contributed by atoms with Crippen molar-refractivity contribution >= 4 is 34.0 Å². The molecule has 1 saturated heterocycles. The van der Waals surface area contributed by atoms with E-state index in [0.29, 0.717) is 6.54 Å². The molecule has 2 aromatic carbocycles. The second-order valence-corrected chi connectivity index (χ2v) is 9.04. The van der Waals surface area contributed by atoms with Crippen LogP contribution in [0.15, 0.2) is 66.4 Å². The number of aromatic nitrogens is 2. The lowest BCUT2D eigenvalue weighted by Gasteiger charge is -2.26. The van der Waals surface area contributed by atoms with Crippen LogP contribution >= 0.6 is 11.3 Å². The molecule has 1 aliphatic rings. The fourth-order valence-electron chi connectivity index (χ4n) is 4.14. The number of nitrogens with zero attached hydrogens (tertiary/aromatic N) is 3. The molecule has 2 aromatic heterocycles. The van der Waals surface area contributed by atoms with Crippen LogP contribution in [0, 0.1) is 0 Å². The lowest BCUT2D eigenvalue weighted by Crippen LogP contribution is -2.37. The van der Waals surface area contributed by atoms with Gasteiger partial charge >= 0.3 is 6.03 Å². The minimum Gasteiger partial charge on any atom is -0.379 e. The van der Waals surface area contributed by atoms with E-state index in [9.17, 15) is 4.79 Å². The topological polar surface area (TPSA) is 71.4 Å². The van der Waals surface area contributed by atoms with E-state index >= 15 is 0 Å². The van der Waals surface area contributed by atoms with E-state index in [1.165, 1.54) is 27.8 Å². The quantitative estimate of drug-likeness (QED) is 0.431. The Hall–Kier alpha value is -3.20. The molecule has 2 N–H and O–H groups in total. The van der Waals surface area contributed by atoms with E-state index in [0.717, 1.165) is 55.5 Å². The first kappa shape index (κ1) is 21.6. The van der Waals surface area contributed by atoms with Gasteiger partial charge in [-0.1, -0.05) is 18.2 Å². The van der Waals surface area contributed by atoms with E-state index in [2.05, 4.69) is 55.5 Å². The molecule has 3 heterocycles. The Balaban J connectivity index is 1.27. The molecule has 0 atom stereocenters. The number of carbonyl (C=O) groups is 1. The summed E-state index contributed by atoms with van der Waals surface area (Å²) in [6.45, 7) is 5.17. The summed E-state index contributed by atoms with van der Waals surface area (Å²) >= 11 is 1.52. The van der Waals surface area contributed by atoms with Gasteiger partial charge in [-0.25, -0.2) is 4.79 Å². The number of para-hydroxylation sites is 1. The number of rotatable bonds is 7. The summed E-state index contributed by atoms with van der Waals surface area (Å²) < 4.78 is 7.70. The van der Waals surface area contributed by atoms with Crippen molar-refractivity contribution in [1.29, 1.82) is 0 Å². The number of amides is 2. The Bertz CT molecular complexity index is 1200. The summed E-state index contributed by atoms with van der Waals surface area (Å²) in [5, 5.41) is 7.03. The Labute approximate surface area is 197 Å². The van der Waals surface area contributed by atoms with Crippen LogP contribution in [-0.4, -0.2) is 53.3 Å². The minimum absolute atomic E-state index is 0.229. The lowest BCUT2D eigenvalue weighted by molar-refractivity contribution is 0.0385. The molecule has 1 aliphatic heterocycles. The number of urea groups is 1. The van der Waals surface area contributed by atoms with Gasteiger partial charge in [-0.05, 0) is 42.3 Å². The Morgan fingerprint density at radius 1 is 1.09 bits per heavy atom. The fraction of sp³-hybridized carbons (Fsp3) is 0.280.